The first-order chi connectivity index (χ1) is 13.7. The second-order valence-electron chi connectivity index (χ2n) is 8.50. The Labute approximate surface area is 172 Å². The van der Waals surface area contributed by atoms with Gasteiger partial charge in [0.05, 0.1) is 0 Å². The number of fused-ring (bicyclic) bond motifs is 2. The summed E-state index contributed by atoms with van der Waals surface area (Å²) in [7, 11) is 0. The predicted molar refractivity (Wildman–Crippen MR) is 120 cm³/mol. The number of hydrogen-bond donors (Lipinski definition) is 1. The maximum absolute atomic E-state index is 4.03. The fourth-order valence-electron chi connectivity index (χ4n) is 5.25. The minimum Gasteiger partial charge on any atom is -0.308 e. The predicted octanol–water partition coefficient (Wildman–Crippen LogP) is 6.39. The van der Waals surface area contributed by atoms with Crippen molar-refractivity contribution in [3.05, 3.63) is 99.3 Å². The Bertz CT molecular complexity index is 986. The molecular weight excluding hydrogens is 358 g/mol. The molecule has 142 valence electrons. The summed E-state index contributed by atoms with van der Waals surface area (Å²) in [5.74, 6) is 0. The average Bonchev–Trinajstić information content (AvgIpc) is 3.33. The molecule has 2 aliphatic heterocycles. The van der Waals surface area contributed by atoms with Crippen LogP contribution in [0.25, 0.3) is 5.57 Å². The average molecular weight is 386 g/mol. The van der Waals surface area contributed by atoms with Crippen molar-refractivity contribution in [2.75, 3.05) is 0 Å². The zero-order chi connectivity index (χ0) is 19.0. The lowest BCUT2D eigenvalue weighted by atomic mass is 9.78. The molecule has 3 heterocycles. The van der Waals surface area contributed by atoms with Crippen molar-refractivity contribution in [2.24, 2.45) is 0 Å². The molecule has 2 saturated heterocycles. The summed E-state index contributed by atoms with van der Waals surface area (Å²) in [5, 5.41) is 8.55. The van der Waals surface area contributed by atoms with Gasteiger partial charge in [-0.2, -0.15) is 11.3 Å². The van der Waals surface area contributed by atoms with Gasteiger partial charge in [0.1, 0.15) is 0 Å². The van der Waals surface area contributed by atoms with Gasteiger partial charge in [0.25, 0.3) is 0 Å². The molecule has 28 heavy (non-hydrogen) atoms. The van der Waals surface area contributed by atoms with Gasteiger partial charge in [-0.3, -0.25) is 0 Å². The van der Waals surface area contributed by atoms with E-state index in [1.165, 1.54) is 47.1 Å². The van der Waals surface area contributed by atoms with Crippen LogP contribution in [0.3, 0.4) is 0 Å². The van der Waals surface area contributed by atoms with Crippen molar-refractivity contribution >= 4 is 16.9 Å². The Morgan fingerprint density at radius 2 is 1.86 bits per heavy atom. The van der Waals surface area contributed by atoms with E-state index >= 15 is 0 Å². The highest BCUT2D eigenvalue weighted by atomic mass is 32.1. The quantitative estimate of drug-likeness (QED) is 0.549. The number of nitrogens with one attached hydrogen (secondary N) is 1. The fraction of sp³-hybridized carbons (Fsp3) is 0.308. The van der Waals surface area contributed by atoms with Gasteiger partial charge in [-0.25, -0.2) is 0 Å². The molecule has 2 heteroatoms. The summed E-state index contributed by atoms with van der Waals surface area (Å²) in [6.45, 7) is 2.25. The highest BCUT2D eigenvalue weighted by Crippen LogP contribution is 2.45. The van der Waals surface area contributed by atoms with Crippen LogP contribution < -0.4 is 5.32 Å². The molecule has 3 aromatic rings. The van der Waals surface area contributed by atoms with Crippen LogP contribution in [0, 0.1) is 6.92 Å². The van der Waals surface area contributed by atoms with Gasteiger partial charge in [0.15, 0.2) is 0 Å². The Balaban J connectivity index is 1.57. The molecule has 5 rings (SSSR count). The number of aryl methyl sites for hydroxylation is 1. The van der Waals surface area contributed by atoms with Crippen molar-refractivity contribution in [1.29, 1.82) is 0 Å². The molecule has 2 bridgehead atoms. The first kappa shape index (κ1) is 17.9. The third kappa shape index (κ3) is 3.36. The number of hydrogen-bond acceptors (Lipinski definition) is 2. The normalized spacial score (nSPS) is 25.7. The summed E-state index contributed by atoms with van der Waals surface area (Å²) in [6.07, 6.45) is 6.03. The lowest BCUT2D eigenvalue weighted by molar-refractivity contribution is 0.318. The molecular formula is C26H27NS. The molecule has 0 spiro atoms. The standard InChI is InChI=1S/C26H27NS/c1-19-7-5-6-10-21(19)16-26-13-11-24(27-26)15-23(17-26)25(22-12-14-28-18-22)20-8-3-2-4-9-20/h2-10,12,14,18,24,27H,11,13,15-17H2,1H3/b25-23-. The van der Waals surface area contributed by atoms with Crippen molar-refractivity contribution in [2.45, 2.75) is 50.6 Å². The number of piperidine rings is 1. The number of thiophene rings is 1. The van der Waals surface area contributed by atoms with Crippen LogP contribution in [0.2, 0.25) is 0 Å². The van der Waals surface area contributed by atoms with E-state index in [1.807, 2.05) is 0 Å². The number of benzene rings is 2. The van der Waals surface area contributed by atoms with Gasteiger partial charge in [-0.1, -0.05) is 60.2 Å². The van der Waals surface area contributed by atoms with E-state index in [1.54, 1.807) is 16.9 Å². The van der Waals surface area contributed by atoms with E-state index in [0.717, 1.165) is 12.8 Å². The van der Waals surface area contributed by atoms with E-state index in [4.69, 9.17) is 0 Å². The summed E-state index contributed by atoms with van der Waals surface area (Å²) in [6, 6.07) is 22.8. The van der Waals surface area contributed by atoms with Crippen LogP contribution in [0.1, 0.15) is 47.9 Å². The van der Waals surface area contributed by atoms with E-state index in [9.17, 15) is 0 Å². The maximum Gasteiger partial charge on any atom is 0.0262 e. The summed E-state index contributed by atoms with van der Waals surface area (Å²) in [4.78, 5) is 0. The minimum atomic E-state index is 0.209. The first-order valence-corrected chi connectivity index (χ1v) is 11.3. The lowest BCUT2D eigenvalue weighted by Gasteiger charge is -2.38. The monoisotopic (exact) mass is 385 g/mol. The summed E-state index contributed by atoms with van der Waals surface area (Å²) < 4.78 is 0. The molecule has 2 atom stereocenters. The highest BCUT2D eigenvalue weighted by molar-refractivity contribution is 7.08. The van der Waals surface area contributed by atoms with E-state index in [0.29, 0.717) is 6.04 Å². The van der Waals surface area contributed by atoms with E-state index < -0.39 is 0 Å². The maximum atomic E-state index is 4.03. The molecule has 2 unspecified atom stereocenters. The van der Waals surface area contributed by atoms with Crippen molar-refractivity contribution < 1.29 is 0 Å². The van der Waals surface area contributed by atoms with Gasteiger partial charge in [-0.05, 0) is 83.7 Å². The van der Waals surface area contributed by atoms with Gasteiger partial charge in [0, 0.05) is 11.6 Å². The summed E-state index contributed by atoms with van der Waals surface area (Å²) >= 11 is 1.80. The first-order valence-electron chi connectivity index (χ1n) is 10.3. The molecule has 1 aromatic heterocycles. The largest absolute Gasteiger partial charge is 0.308 e. The molecule has 2 aliphatic rings. The molecule has 1 nitrogen and oxygen atoms in total. The smallest absolute Gasteiger partial charge is 0.0262 e. The molecule has 0 radical (unpaired) electrons. The lowest BCUT2D eigenvalue weighted by Crippen LogP contribution is -2.49. The van der Waals surface area contributed by atoms with Gasteiger partial charge in [-0.15, -0.1) is 0 Å². The van der Waals surface area contributed by atoms with Gasteiger partial charge >= 0.3 is 0 Å². The van der Waals surface area contributed by atoms with Gasteiger partial charge in [0.2, 0.25) is 0 Å². The Kier molecular flexibility index (Phi) is 4.70. The Morgan fingerprint density at radius 1 is 1.04 bits per heavy atom. The molecule has 0 saturated carbocycles. The van der Waals surface area contributed by atoms with Crippen molar-refractivity contribution in [3.8, 4) is 0 Å². The van der Waals surface area contributed by atoms with Crippen LogP contribution in [-0.2, 0) is 6.42 Å². The third-order valence-corrected chi connectivity index (χ3v) is 7.23. The topological polar surface area (TPSA) is 12.0 Å². The molecule has 1 N–H and O–H groups in total. The van der Waals surface area contributed by atoms with Crippen molar-refractivity contribution in [3.63, 3.8) is 0 Å². The van der Waals surface area contributed by atoms with Crippen LogP contribution in [0.5, 0.6) is 0 Å². The van der Waals surface area contributed by atoms with E-state index in [-0.39, 0.29) is 5.54 Å². The highest BCUT2D eigenvalue weighted by Gasteiger charge is 2.44. The molecule has 2 aromatic carbocycles. The van der Waals surface area contributed by atoms with Gasteiger partial charge < -0.3 is 5.32 Å². The van der Waals surface area contributed by atoms with Crippen LogP contribution in [0.4, 0.5) is 0 Å². The molecule has 2 fully saturated rings. The van der Waals surface area contributed by atoms with Crippen LogP contribution >= 0.6 is 11.3 Å². The molecule has 0 aliphatic carbocycles. The SMILES string of the molecule is Cc1ccccc1CC12CCC(C/C(=C(\c3ccccc3)c3ccsc3)C1)N2. The number of rotatable bonds is 4. The zero-order valence-corrected chi connectivity index (χ0v) is 17.3. The molecule has 0 amide bonds. The van der Waals surface area contributed by atoms with Crippen LogP contribution in [-0.4, -0.2) is 11.6 Å². The third-order valence-electron chi connectivity index (χ3n) is 6.54. The zero-order valence-electron chi connectivity index (χ0n) is 16.4. The Morgan fingerprint density at radius 3 is 2.64 bits per heavy atom. The fourth-order valence-corrected chi connectivity index (χ4v) is 5.90. The van der Waals surface area contributed by atoms with Crippen LogP contribution in [0.15, 0.2) is 77.0 Å². The minimum absolute atomic E-state index is 0.209. The summed E-state index contributed by atoms with van der Waals surface area (Å²) in [5.41, 5.74) is 8.99. The van der Waals surface area contributed by atoms with E-state index in [2.05, 4.69) is 83.7 Å². The van der Waals surface area contributed by atoms with Crippen molar-refractivity contribution in [1.82, 2.24) is 5.32 Å². The second kappa shape index (κ2) is 7.35. The Hall–Kier alpha value is -2.16. The second-order valence-corrected chi connectivity index (χ2v) is 9.28.